The highest BCUT2D eigenvalue weighted by Crippen LogP contribution is 2.22. The number of rotatable bonds is 6. The van der Waals surface area contributed by atoms with Gasteiger partial charge in [0.25, 0.3) is 0 Å². The summed E-state index contributed by atoms with van der Waals surface area (Å²) in [5.41, 5.74) is 0. The Balaban J connectivity index is 1.54. The molecule has 134 valence electrons. The molecule has 0 bridgehead atoms. The van der Waals surface area contributed by atoms with E-state index in [2.05, 4.69) is 35.9 Å². The number of carbonyl (C=O) groups excluding carboxylic acids is 1. The van der Waals surface area contributed by atoms with Crippen LogP contribution in [0.1, 0.15) is 46.5 Å². The predicted octanol–water partition coefficient (Wildman–Crippen LogP) is 2.23. The minimum absolute atomic E-state index is 0.139. The van der Waals surface area contributed by atoms with Gasteiger partial charge in [0, 0.05) is 45.3 Å². The molecule has 0 aliphatic carbocycles. The topological polar surface area (TPSA) is 38.8 Å². The third kappa shape index (κ3) is 5.64. The molecule has 2 fully saturated rings. The van der Waals surface area contributed by atoms with Crippen LogP contribution < -0.4 is 5.32 Å². The second-order valence-corrected chi connectivity index (χ2v) is 7.27. The molecule has 2 atom stereocenters. The Labute approximate surface area is 142 Å². The standard InChI is InChI=1S/C18H36N4O/c1-4-20-12-14-21(15-13-20)10-6-5-9-19-18(23)22-11-7-8-16(2)17(22)3/h16-17H,4-15H2,1-3H3,(H,19,23). The first-order chi connectivity index (χ1) is 11.1. The van der Waals surface area contributed by atoms with Gasteiger partial charge in [-0.1, -0.05) is 13.8 Å². The summed E-state index contributed by atoms with van der Waals surface area (Å²) in [6.07, 6.45) is 4.65. The van der Waals surface area contributed by atoms with Gasteiger partial charge >= 0.3 is 6.03 Å². The van der Waals surface area contributed by atoms with E-state index in [1.165, 1.54) is 52.1 Å². The molecule has 2 aliphatic rings. The number of amides is 2. The molecule has 0 aromatic heterocycles. The summed E-state index contributed by atoms with van der Waals surface area (Å²) >= 11 is 0. The van der Waals surface area contributed by atoms with Crippen molar-refractivity contribution in [2.24, 2.45) is 5.92 Å². The number of likely N-dealkylation sites (tertiary alicyclic amines) is 1. The third-order valence-corrected chi connectivity index (χ3v) is 5.72. The van der Waals surface area contributed by atoms with Crippen molar-refractivity contribution in [2.45, 2.75) is 52.5 Å². The smallest absolute Gasteiger partial charge is 0.317 e. The Bertz CT molecular complexity index is 355. The van der Waals surface area contributed by atoms with Gasteiger partial charge in [-0.2, -0.15) is 0 Å². The molecule has 2 aliphatic heterocycles. The van der Waals surface area contributed by atoms with Crippen LogP contribution in [0.3, 0.4) is 0 Å². The monoisotopic (exact) mass is 324 g/mol. The molecular weight excluding hydrogens is 288 g/mol. The number of hydrogen-bond acceptors (Lipinski definition) is 3. The summed E-state index contributed by atoms with van der Waals surface area (Å²) in [5.74, 6) is 0.622. The molecule has 2 saturated heterocycles. The van der Waals surface area contributed by atoms with Crippen molar-refractivity contribution >= 4 is 6.03 Å². The zero-order valence-electron chi connectivity index (χ0n) is 15.4. The first kappa shape index (κ1) is 18.5. The highest BCUT2D eigenvalue weighted by molar-refractivity contribution is 5.74. The van der Waals surface area contributed by atoms with Gasteiger partial charge in [0.15, 0.2) is 0 Å². The molecule has 0 radical (unpaired) electrons. The Kier molecular flexibility index (Phi) is 7.63. The second-order valence-electron chi connectivity index (χ2n) is 7.27. The van der Waals surface area contributed by atoms with Crippen LogP contribution in [-0.2, 0) is 0 Å². The summed E-state index contributed by atoms with van der Waals surface area (Å²) in [4.78, 5) is 19.4. The van der Waals surface area contributed by atoms with Gasteiger partial charge in [0.2, 0.25) is 0 Å². The number of urea groups is 1. The summed E-state index contributed by atoms with van der Waals surface area (Å²) in [7, 11) is 0. The average molecular weight is 325 g/mol. The van der Waals surface area contributed by atoms with E-state index in [9.17, 15) is 4.79 Å². The SMILES string of the molecule is CCN1CCN(CCCCNC(=O)N2CCCC(C)C2C)CC1. The maximum absolute atomic E-state index is 12.3. The van der Waals surface area contributed by atoms with Crippen molar-refractivity contribution in [1.29, 1.82) is 0 Å². The first-order valence-corrected chi connectivity index (χ1v) is 9.61. The summed E-state index contributed by atoms with van der Waals surface area (Å²) < 4.78 is 0. The fourth-order valence-electron chi connectivity index (χ4n) is 3.71. The number of unbranched alkanes of at least 4 members (excludes halogenated alkanes) is 1. The molecule has 23 heavy (non-hydrogen) atoms. The molecule has 0 spiro atoms. The van der Waals surface area contributed by atoms with E-state index in [4.69, 9.17) is 0 Å². The van der Waals surface area contributed by atoms with Crippen LogP contribution in [0.5, 0.6) is 0 Å². The molecule has 2 amide bonds. The van der Waals surface area contributed by atoms with E-state index < -0.39 is 0 Å². The van der Waals surface area contributed by atoms with Gasteiger partial charge in [-0.3, -0.25) is 0 Å². The molecule has 0 aromatic carbocycles. The number of piperidine rings is 1. The maximum atomic E-state index is 12.3. The maximum Gasteiger partial charge on any atom is 0.317 e. The van der Waals surface area contributed by atoms with Gasteiger partial charge in [-0.05, 0) is 51.6 Å². The predicted molar refractivity (Wildman–Crippen MR) is 95.8 cm³/mol. The number of piperazine rings is 1. The Hall–Kier alpha value is -0.810. The number of hydrogen-bond donors (Lipinski definition) is 1. The molecule has 5 heteroatoms. The van der Waals surface area contributed by atoms with E-state index in [0.717, 1.165) is 25.9 Å². The van der Waals surface area contributed by atoms with Crippen molar-refractivity contribution in [3.63, 3.8) is 0 Å². The Morgan fingerprint density at radius 3 is 2.43 bits per heavy atom. The molecular formula is C18H36N4O. The second kappa shape index (κ2) is 9.48. The van der Waals surface area contributed by atoms with Crippen molar-refractivity contribution < 1.29 is 4.79 Å². The fraction of sp³-hybridized carbons (Fsp3) is 0.944. The van der Waals surface area contributed by atoms with Crippen molar-refractivity contribution in [2.75, 3.05) is 52.4 Å². The lowest BCUT2D eigenvalue weighted by atomic mass is 9.92. The van der Waals surface area contributed by atoms with Gasteiger partial charge in [-0.25, -0.2) is 4.79 Å². The number of nitrogens with zero attached hydrogens (tertiary/aromatic N) is 3. The van der Waals surface area contributed by atoms with Crippen LogP contribution in [0.25, 0.3) is 0 Å². The van der Waals surface area contributed by atoms with E-state index in [-0.39, 0.29) is 6.03 Å². The minimum Gasteiger partial charge on any atom is -0.338 e. The molecule has 0 saturated carbocycles. The van der Waals surface area contributed by atoms with Gasteiger partial charge in [0.1, 0.15) is 0 Å². The van der Waals surface area contributed by atoms with Gasteiger partial charge in [0.05, 0.1) is 0 Å². The van der Waals surface area contributed by atoms with Crippen LogP contribution in [0.4, 0.5) is 4.79 Å². The summed E-state index contributed by atoms with van der Waals surface area (Å²) in [5, 5.41) is 3.12. The number of carbonyl (C=O) groups is 1. The molecule has 2 rings (SSSR count). The highest BCUT2D eigenvalue weighted by Gasteiger charge is 2.27. The van der Waals surface area contributed by atoms with Crippen LogP contribution in [0, 0.1) is 5.92 Å². The van der Waals surface area contributed by atoms with Crippen LogP contribution >= 0.6 is 0 Å². The number of nitrogens with one attached hydrogen (secondary N) is 1. The first-order valence-electron chi connectivity index (χ1n) is 9.61. The van der Waals surface area contributed by atoms with E-state index in [1.54, 1.807) is 0 Å². The van der Waals surface area contributed by atoms with Crippen molar-refractivity contribution in [1.82, 2.24) is 20.0 Å². The zero-order valence-corrected chi connectivity index (χ0v) is 15.4. The summed E-state index contributed by atoms with van der Waals surface area (Å²) in [6, 6.07) is 0.513. The molecule has 2 heterocycles. The summed E-state index contributed by atoms with van der Waals surface area (Å²) in [6.45, 7) is 15.6. The lowest BCUT2D eigenvalue weighted by Crippen LogP contribution is -2.50. The van der Waals surface area contributed by atoms with Gasteiger partial charge < -0.3 is 20.0 Å². The normalized spacial score (nSPS) is 27.2. The van der Waals surface area contributed by atoms with Crippen LogP contribution in [0.2, 0.25) is 0 Å². The highest BCUT2D eigenvalue weighted by atomic mass is 16.2. The fourth-order valence-corrected chi connectivity index (χ4v) is 3.71. The quantitative estimate of drug-likeness (QED) is 0.762. The van der Waals surface area contributed by atoms with Crippen LogP contribution in [-0.4, -0.2) is 79.1 Å². The van der Waals surface area contributed by atoms with E-state index in [0.29, 0.717) is 12.0 Å². The average Bonchev–Trinajstić information content (AvgIpc) is 2.57. The Morgan fingerprint density at radius 2 is 1.74 bits per heavy atom. The van der Waals surface area contributed by atoms with E-state index in [1.807, 2.05) is 4.90 Å². The molecule has 1 N–H and O–H groups in total. The van der Waals surface area contributed by atoms with Crippen molar-refractivity contribution in [3.05, 3.63) is 0 Å². The van der Waals surface area contributed by atoms with Crippen molar-refractivity contribution in [3.8, 4) is 0 Å². The third-order valence-electron chi connectivity index (χ3n) is 5.72. The zero-order chi connectivity index (χ0) is 16.7. The lowest BCUT2D eigenvalue weighted by Gasteiger charge is -2.37. The lowest BCUT2D eigenvalue weighted by molar-refractivity contribution is 0.127. The van der Waals surface area contributed by atoms with E-state index >= 15 is 0 Å². The Morgan fingerprint density at radius 1 is 1.04 bits per heavy atom. The largest absolute Gasteiger partial charge is 0.338 e. The molecule has 2 unspecified atom stereocenters. The number of likely N-dealkylation sites (N-methyl/N-ethyl adjacent to an activating group) is 1. The van der Waals surface area contributed by atoms with Gasteiger partial charge in [-0.15, -0.1) is 0 Å². The molecule has 0 aromatic rings. The van der Waals surface area contributed by atoms with Crippen LogP contribution in [0.15, 0.2) is 0 Å². The minimum atomic E-state index is 0.139. The molecule has 5 nitrogen and oxygen atoms in total.